The van der Waals surface area contributed by atoms with E-state index in [2.05, 4.69) is 29.2 Å². The molecule has 2 aliphatic heterocycles. The van der Waals surface area contributed by atoms with Crippen molar-refractivity contribution in [3.63, 3.8) is 0 Å². The van der Waals surface area contributed by atoms with Crippen molar-refractivity contribution >= 4 is 11.9 Å². The standard InChI is InChI=1S/C28H27NO3/c1-19-8-6-11-22(14-19)16-25-27(30)26-20(2)15-24-23(28(26)32-25)17-29(18-31-24)13-7-12-21-9-4-3-5-10-21/h3-6,8-11,14-16H,7,12-13,17-18H2,1-2H3/b25-16-. The van der Waals surface area contributed by atoms with Crippen molar-refractivity contribution < 1.29 is 14.3 Å². The van der Waals surface area contributed by atoms with Crippen LogP contribution in [0.5, 0.6) is 11.5 Å². The number of Topliss-reactive ketones (excluding diaryl/α,β-unsaturated/α-hetero) is 1. The molecular weight excluding hydrogens is 398 g/mol. The molecule has 0 spiro atoms. The Bertz CT molecular complexity index is 1200. The van der Waals surface area contributed by atoms with Gasteiger partial charge in [-0.25, -0.2) is 0 Å². The van der Waals surface area contributed by atoms with Gasteiger partial charge in [-0.1, -0.05) is 60.2 Å². The first kappa shape index (κ1) is 20.5. The molecule has 0 fully saturated rings. The molecule has 4 nitrogen and oxygen atoms in total. The van der Waals surface area contributed by atoms with E-state index in [1.165, 1.54) is 5.56 Å². The second-order valence-electron chi connectivity index (χ2n) is 8.64. The zero-order chi connectivity index (χ0) is 22.1. The average Bonchev–Trinajstić information content (AvgIpc) is 3.12. The third-order valence-corrected chi connectivity index (χ3v) is 6.11. The molecular formula is C28H27NO3. The molecule has 162 valence electrons. The normalized spacial score (nSPS) is 16.4. The van der Waals surface area contributed by atoms with E-state index >= 15 is 0 Å². The van der Waals surface area contributed by atoms with Crippen LogP contribution in [0.15, 0.2) is 66.4 Å². The van der Waals surface area contributed by atoms with Gasteiger partial charge in [0, 0.05) is 13.1 Å². The van der Waals surface area contributed by atoms with E-state index in [1.807, 2.05) is 56.3 Å². The maximum atomic E-state index is 13.2. The molecule has 5 rings (SSSR count). The van der Waals surface area contributed by atoms with Crippen molar-refractivity contribution in [3.8, 4) is 11.5 Å². The van der Waals surface area contributed by atoms with Gasteiger partial charge in [0.05, 0.1) is 11.1 Å². The average molecular weight is 426 g/mol. The lowest BCUT2D eigenvalue weighted by atomic mass is 9.98. The van der Waals surface area contributed by atoms with Crippen molar-refractivity contribution in [2.75, 3.05) is 13.3 Å². The number of carbonyl (C=O) groups is 1. The smallest absolute Gasteiger partial charge is 0.232 e. The largest absolute Gasteiger partial charge is 0.478 e. The van der Waals surface area contributed by atoms with Crippen molar-refractivity contribution in [3.05, 3.63) is 99.8 Å². The van der Waals surface area contributed by atoms with E-state index in [-0.39, 0.29) is 5.78 Å². The van der Waals surface area contributed by atoms with Gasteiger partial charge < -0.3 is 9.47 Å². The van der Waals surface area contributed by atoms with Gasteiger partial charge in [0.15, 0.2) is 5.76 Å². The molecule has 0 radical (unpaired) electrons. The highest BCUT2D eigenvalue weighted by atomic mass is 16.5. The Labute approximate surface area is 189 Å². The molecule has 0 unspecified atom stereocenters. The summed E-state index contributed by atoms with van der Waals surface area (Å²) in [5.41, 5.74) is 5.99. The number of carbonyl (C=O) groups excluding carboxylic acids is 1. The predicted molar refractivity (Wildman–Crippen MR) is 126 cm³/mol. The summed E-state index contributed by atoms with van der Waals surface area (Å²) >= 11 is 0. The summed E-state index contributed by atoms with van der Waals surface area (Å²) in [6.45, 7) is 6.19. The molecule has 0 atom stereocenters. The number of fused-ring (bicyclic) bond motifs is 3. The van der Waals surface area contributed by atoms with Gasteiger partial charge in [-0.3, -0.25) is 9.69 Å². The minimum absolute atomic E-state index is 0.0528. The highest BCUT2D eigenvalue weighted by Gasteiger charge is 2.35. The summed E-state index contributed by atoms with van der Waals surface area (Å²) in [7, 11) is 0. The first-order valence-electron chi connectivity index (χ1n) is 11.1. The Morgan fingerprint density at radius 1 is 1.03 bits per heavy atom. The van der Waals surface area contributed by atoms with Crippen LogP contribution in [0.3, 0.4) is 0 Å². The number of hydrogen-bond donors (Lipinski definition) is 0. The number of benzene rings is 3. The van der Waals surface area contributed by atoms with Crippen molar-refractivity contribution in [2.24, 2.45) is 0 Å². The molecule has 4 heteroatoms. The minimum atomic E-state index is -0.0528. The first-order chi connectivity index (χ1) is 15.6. The van der Waals surface area contributed by atoms with Crippen LogP contribution < -0.4 is 9.47 Å². The number of ketones is 1. The Morgan fingerprint density at radius 3 is 2.69 bits per heavy atom. The lowest BCUT2D eigenvalue weighted by Gasteiger charge is -2.30. The molecule has 32 heavy (non-hydrogen) atoms. The Balaban J connectivity index is 1.36. The molecule has 0 bridgehead atoms. The van der Waals surface area contributed by atoms with E-state index < -0.39 is 0 Å². The zero-order valence-electron chi connectivity index (χ0n) is 18.6. The van der Waals surface area contributed by atoms with Gasteiger partial charge in [0.25, 0.3) is 0 Å². The van der Waals surface area contributed by atoms with E-state index in [1.54, 1.807) is 0 Å². The van der Waals surface area contributed by atoms with Crippen LogP contribution in [0.4, 0.5) is 0 Å². The third-order valence-electron chi connectivity index (χ3n) is 6.11. The molecule has 0 amide bonds. The Morgan fingerprint density at radius 2 is 1.88 bits per heavy atom. The summed E-state index contributed by atoms with van der Waals surface area (Å²) < 4.78 is 12.2. The summed E-state index contributed by atoms with van der Waals surface area (Å²) in [5.74, 6) is 1.81. The second-order valence-corrected chi connectivity index (χ2v) is 8.64. The van der Waals surface area contributed by atoms with Crippen LogP contribution in [0.1, 0.15) is 44.6 Å². The van der Waals surface area contributed by atoms with Crippen molar-refractivity contribution in [2.45, 2.75) is 33.2 Å². The van der Waals surface area contributed by atoms with Crippen LogP contribution >= 0.6 is 0 Å². The molecule has 2 aliphatic rings. The zero-order valence-corrected chi connectivity index (χ0v) is 18.6. The molecule has 3 aromatic rings. The molecule has 0 aromatic heterocycles. The monoisotopic (exact) mass is 425 g/mol. The fourth-order valence-electron chi connectivity index (χ4n) is 4.48. The van der Waals surface area contributed by atoms with Crippen LogP contribution in [0.2, 0.25) is 0 Å². The molecule has 0 saturated carbocycles. The predicted octanol–water partition coefficient (Wildman–Crippen LogP) is 5.70. The van der Waals surface area contributed by atoms with Gasteiger partial charge >= 0.3 is 0 Å². The van der Waals surface area contributed by atoms with Gasteiger partial charge in [0.1, 0.15) is 18.2 Å². The van der Waals surface area contributed by atoms with Crippen molar-refractivity contribution in [1.82, 2.24) is 4.90 Å². The highest BCUT2D eigenvalue weighted by Crippen LogP contribution is 2.44. The fourth-order valence-corrected chi connectivity index (χ4v) is 4.48. The van der Waals surface area contributed by atoms with E-state index in [0.29, 0.717) is 23.8 Å². The first-order valence-corrected chi connectivity index (χ1v) is 11.1. The lowest BCUT2D eigenvalue weighted by Crippen LogP contribution is -2.33. The lowest BCUT2D eigenvalue weighted by molar-refractivity contribution is 0.0928. The minimum Gasteiger partial charge on any atom is -0.478 e. The van der Waals surface area contributed by atoms with Crippen LogP contribution in [-0.4, -0.2) is 24.0 Å². The Hall–Kier alpha value is -3.37. The maximum absolute atomic E-state index is 13.2. The van der Waals surface area contributed by atoms with Crippen LogP contribution in [0, 0.1) is 13.8 Å². The van der Waals surface area contributed by atoms with Gasteiger partial charge in [-0.05, 0) is 55.5 Å². The summed E-state index contributed by atoms with van der Waals surface area (Å²) in [5, 5.41) is 0. The topological polar surface area (TPSA) is 38.8 Å². The third kappa shape index (κ3) is 4.06. The second kappa shape index (κ2) is 8.64. The Kier molecular flexibility index (Phi) is 5.54. The number of ether oxygens (including phenoxy) is 2. The summed E-state index contributed by atoms with van der Waals surface area (Å²) in [4.78, 5) is 15.4. The van der Waals surface area contributed by atoms with Gasteiger partial charge in [-0.15, -0.1) is 0 Å². The molecule has 0 saturated heterocycles. The number of aryl methyl sites for hydroxylation is 3. The quantitative estimate of drug-likeness (QED) is 0.491. The van der Waals surface area contributed by atoms with E-state index in [9.17, 15) is 4.79 Å². The molecule has 0 N–H and O–H groups in total. The maximum Gasteiger partial charge on any atom is 0.232 e. The molecule has 3 aromatic carbocycles. The molecule has 0 aliphatic carbocycles. The van der Waals surface area contributed by atoms with E-state index in [0.717, 1.165) is 53.9 Å². The van der Waals surface area contributed by atoms with Crippen molar-refractivity contribution in [1.29, 1.82) is 0 Å². The highest BCUT2D eigenvalue weighted by molar-refractivity contribution is 6.15. The van der Waals surface area contributed by atoms with E-state index in [4.69, 9.17) is 9.47 Å². The van der Waals surface area contributed by atoms with Gasteiger partial charge in [-0.2, -0.15) is 0 Å². The summed E-state index contributed by atoms with van der Waals surface area (Å²) in [6.07, 6.45) is 3.92. The number of allylic oxidation sites excluding steroid dienone is 1. The number of nitrogens with zero attached hydrogens (tertiary/aromatic N) is 1. The molecule has 2 heterocycles. The van der Waals surface area contributed by atoms with Gasteiger partial charge in [0.2, 0.25) is 5.78 Å². The fraction of sp³-hybridized carbons (Fsp3) is 0.250. The van der Waals surface area contributed by atoms with Crippen LogP contribution in [0.25, 0.3) is 6.08 Å². The summed E-state index contributed by atoms with van der Waals surface area (Å²) in [6, 6.07) is 20.6. The number of hydrogen-bond acceptors (Lipinski definition) is 4. The number of rotatable bonds is 5. The SMILES string of the molecule is Cc1cccc(/C=C2\Oc3c4c(cc(C)c3C2=O)OCN(CCCc2ccccc2)C4)c1. The van der Waals surface area contributed by atoms with Crippen LogP contribution in [-0.2, 0) is 13.0 Å².